The molecular formula is C11H18N4O4. The first-order valence-electron chi connectivity index (χ1n) is 6.05. The molecule has 1 aliphatic rings. The van der Waals surface area contributed by atoms with E-state index in [4.69, 9.17) is 14.6 Å². The average Bonchev–Trinajstić information content (AvgIpc) is 3.02. The fourth-order valence-corrected chi connectivity index (χ4v) is 2.20. The first-order chi connectivity index (χ1) is 9.13. The van der Waals surface area contributed by atoms with Crippen molar-refractivity contribution >= 4 is 5.97 Å². The van der Waals surface area contributed by atoms with Gasteiger partial charge in [0.2, 0.25) is 0 Å². The third-order valence-electron chi connectivity index (χ3n) is 3.30. The van der Waals surface area contributed by atoms with Crippen LogP contribution in [0.25, 0.3) is 0 Å². The molecule has 0 aliphatic carbocycles. The summed E-state index contributed by atoms with van der Waals surface area (Å²) >= 11 is 0. The Morgan fingerprint density at radius 2 is 2.00 bits per heavy atom. The van der Waals surface area contributed by atoms with Gasteiger partial charge in [-0.2, -0.15) is 0 Å². The van der Waals surface area contributed by atoms with Crippen LogP contribution >= 0.6 is 0 Å². The Kier molecular flexibility index (Phi) is 4.46. The van der Waals surface area contributed by atoms with Gasteiger partial charge in [0, 0.05) is 33.9 Å². The minimum Gasteiger partial charge on any atom is -0.476 e. The summed E-state index contributed by atoms with van der Waals surface area (Å²) in [7, 11) is 3.35. The highest BCUT2D eigenvalue weighted by Gasteiger charge is 2.32. The summed E-state index contributed by atoms with van der Waals surface area (Å²) in [6.07, 6.45) is 1.59. The lowest BCUT2D eigenvalue weighted by molar-refractivity contribution is -0.00461. The molecule has 2 heterocycles. The van der Waals surface area contributed by atoms with E-state index in [1.807, 2.05) is 0 Å². The normalized spacial score (nSPS) is 23.9. The number of carboxylic acids is 1. The minimum absolute atomic E-state index is 0.0361. The highest BCUT2D eigenvalue weighted by Crippen LogP contribution is 2.15. The molecular weight excluding hydrogens is 252 g/mol. The molecule has 19 heavy (non-hydrogen) atoms. The van der Waals surface area contributed by atoms with Crippen LogP contribution in [-0.2, 0) is 16.0 Å². The molecule has 0 bridgehead atoms. The Morgan fingerprint density at radius 3 is 2.47 bits per heavy atom. The van der Waals surface area contributed by atoms with Gasteiger partial charge in [0.25, 0.3) is 0 Å². The number of hydrogen-bond acceptors (Lipinski definition) is 6. The number of carbonyl (C=O) groups is 1. The van der Waals surface area contributed by atoms with Crippen LogP contribution in [0.5, 0.6) is 0 Å². The van der Waals surface area contributed by atoms with Crippen LogP contribution < -0.4 is 0 Å². The second kappa shape index (κ2) is 6.09. The Bertz CT molecular complexity index is 424. The van der Waals surface area contributed by atoms with Crippen molar-refractivity contribution in [3.05, 3.63) is 11.9 Å². The van der Waals surface area contributed by atoms with Gasteiger partial charge in [-0.15, -0.1) is 5.10 Å². The van der Waals surface area contributed by atoms with E-state index >= 15 is 0 Å². The van der Waals surface area contributed by atoms with Gasteiger partial charge in [-0.25, -0.2) is 4.79 Å². The van der Waals surface area contributed by atoms with E-state index in [1.165, 1.54) is 10.9 Å². The van der Waals surface area contributed by atoms with Crippen LogP contribution in [0.15, 0.2) is 6.20 Å². The fourth-order valence-electron chi connectivity index (χ4n) is 2.20. The molecule has 8 nitrogen and oxygen atoms in total. The molecule has 2 rings (SSSR count). The van der Waals surface area contributed by atoms with Gasteiger partial charge < -0.3 is 14.6 Å². The molecule has 1 saturated heterocycles. The van der Waals surface area contributed by atoms with Gasteiger partial charge in [0.15, 0.2) is 5.69 Å². The van der Waals surface area contributed by atoms with E-state index in [9.17, 15) is 4.79 Å². The number of methoxy groups -OCH3 is 2. The van der Waals surface area contributed by atoms with Gasteiger partial charge in [0.05, 0.1) is 24.9 Å². The number of ether oxygens (including phenoxy) is 2. The van der Waals surface area contributed by atoms with Gasteiger partial charge in [-0.1, -0.05) is 5.21 Å². The van der Waals surface area contributed by atoms with Gasteiger partial charge in [-0.05, 0) is 0 Å². The van der Waals surface area contributed by atoms with E-state index in [1.54, 1.807) is 14.2 Å². The van der Waals surface area contributed by atoms with Crippen molar-refractivity contribution in [1.82, 2.24) is 19.9 Å². The van der Waals surface area contributed by atoms with Crippen molar-refractivity contribution < 1.29 is 19.4 Å². The Morgan fingerprint density at radius 1 is 1.37 bits per heavy atom. The lowest BCUT2D eigenvalue weighted by Crippen LogP contribution is -2.27. The molecule has 1 aromatic heterocycles. The topological polar surface area (TPSA) is 89.7 Å². The van der Waals surface area contributed by atoms with E-state index < -0.39 is 5.97 Å². The van der Waals surface area contributed by atoms with Crippen molar-refractivity contribution in [2.24, 2.45) is 0 Å². The Balaban J connectivity index is 1.84. The van der Waals surface area contributed by atoms with E-state index in [0.717, 1.165) is 19.6 Å². The minimum atomic E-state index is -1.06. The number of aromatic nitrogens is 3. The maximum atomic E-state index is 10.7. The third kappa shape index (κ3) is 3.28. The van der Waals surface area contributed by atoms with Crippen molar-refractivity contribution in [1.29, 1.82) is 0 Å². The van der Waals surface area contributed by atoms with Crippen LogP contribution in [0.4, 0.5) is 0 Å². The first-order valence-corrected chi connectivity index (χ1v) is 6.05. The molecule has 0 aromatic carbocycles. The number of rotatable bonds is 6. The second-order valence-electron chi connectivity index (χ2n) is 4.48. The monoisotopic (exact) mass is 270 g/mol. The van der Waals surface area contributed by atoms with Gasteiger partial charge in [-0.3, -0.25) is 9.58 Å². The van der Waals surface area contributed by atoms with E-state index in [2.05, 4.69) is 15.2 Å². The summed E-state index contributed by atoms with van der Waals surface area (Å²) in [5, 5.41) is 16.1. The van der Waals surface area contributed by atoms with Crippen molar-refractivity contribution in [2.45, 2.75) is 18.8 Å². The number of carboxylic acid groups (broad SMARTS) is 1. The maximum absolute atomic E-state index is 10.7. The number of aromatic carboxylic acids is 1. The molecule has 1 N–H and O–H groups in total. The third-order valence-corrected chi connectivity index (χ3v) is 3.30. The zero-order valence-corrected chi connectivity index (χ0v) is 11.0. The number of likely N-dealkylation sites (tertiary alicyclic amines) is 1. The summed E-state index contributed by atoms with van der Waals surface area (Å²) in [5.74, 6) is -1.06. The predicted octanol–water partition coefficient (Wildman–Crippen LogP) is -0.678. The highest BCUT2D eigenvalue weighted by atomic mass is 16.5. The lowest BCUT2D eigenvalue weighted by Gasteiger charge is -2.14. The summed E-state index contributed by atoms with van der Waals surface area (Å²) in [6, 6.07) is 0. The summed E-state index contributed by atoms with van der Waals surface area (Å²) in [6.45, 7) is 2.94. The van der Waals surface area contributed by atoms with Crippen molar-refractivity contribution in [3.63, 3.8) is 0 Å². The summed E-state index contributed by atoms with van der Waals surface area (Å²) in [4.78, 5) is 12.9. The van der Waals surface area contributed by atoms with Crippen LogP contribution in [0.1, 0.15) is 10.5 Å². The summed E-state index contributed by atoms with van der Waals surface area (Å²) in [5.41, 5.74) is -0.0361. The molecule has 1 aliphatic heterocycles. The number of nitrogens with zero attached hydrogens (tertiary/aromatic N) is 4. The molecule has 8 heteroatoms. The van der Waals surface area contributed by atoms with Crippen LogP contribution in [-0.4, -0.2) is 77.0 Å². The Labute approximate surface area is 110 Å². The highest BCUT2D eigenvalue weighted by molar-refractivity contribution is 5.84. The van der Waals surface area contributed by atoms with Crippen molar-refractivity contribution in [2.75, 3.05) is 33.9 Å². The zero-order chi connectivity index (χ0) is 13.8. The van der Waals surface area contributed by atoms with E-state index in [-0.39, 0.29) is 17.9 Å². The molecule has 1 aromatic rings. The van der Waals surface area contributed by atoms with Gasteiger partial charge in [0.1, 0.15) is 0 Å². The first kappa shape index (κ1) is 13.9. The van der Waals surface area contributed by atoms with Crippen LogP contribution in [0, 0.1) is 0 Å². The fraction of sp³-hybridized carbons (Fsp3) is 0.727. The van der Waals surface area contributed by atoms with E-state index in [0.29, 0.717) is 6.54 Å². The lowest BCUT2D eigenvalue weighted by atomic mass is 10.3. The van der Waals surface area contributed by atoms with Crippen molar-refractivity contribution in [3.8, 4) is 0 Å². The second-order valence-corrected chi connectivity index (χ2v) is 4.48. The number of hydrogen-bond donors (Lipinski definition) is 1. The molecule has 0 saturated carbocycles. The standard InChI is InChI=1S/C11H18N4O4/c1-18-9-6-14(7-10(9)19-2)3-4-15-5-8(11(16)17)12-13-15/h5,9-10H,3-4,6-7H2,1-2H3,(H,16,17). The predicted molar refractivity (Wildman–Crippen MR) is 65.0 cm³/mol. The van der Waals surface area contributed by atoms with Crippen LogP contribution in [0.3, 0.4) is 0 Å². The van der Waals surface area contributed by atoms with Gasteiger partial charge >= 0.3 is 5.97 Å². The molecule has 0 spiro atoms. The molecule has 0 amide bonds. The molecule has 2 atom stereocenters. The average molecular weight is 270 g/mol. The zero-order valence-electron chi connectivity index (χ0n) is 11.0. The largest absolute Gasteiger partial charge is 0.476 e. The smallest absolute Gasteiger partial charge is 0.358 e. The molecule has 2 unspecified atom stereocenters. The molecule has 1 fully saturated rings. The van der Waals surface area contributed by atoms with Crippen LogP contribution in [0.2, 0.25) is 0 Å². The molecule has 0 radical (unpaired) electrons. The Hall–Kier alpha value is -1.51. The molecule has 106 valence electrons. The quantitative estimate of drug-likeness (QED) is 0.732. The maximum Gasteiger partial charge on any atom is 0.358 e. The summed E-state index contributed by atoms with van der Waals surface area (Å²) < 4.78 is 12.2. The SMILES string of the molecule is COC1CN(CCn2cc(C(=O)O)nn2)CC1OC.